The number of hydrogen-bond acceptors (Lipinski definition) is 5. The molecule has 1 aliphatic heterocycles. The second-order valence-electron chi connectivity index (χ2n) is 7.49. The molecule has 7 heteroatoms. The van der Waals surface area contributed by atoms with E-state index in [1.54, 1.807) is 0 Å². The maximum atomic E-state index is 13.0. The zero-order valence-corrected chi connectivity index (χ0v) is 15.8. The van der Waals surface area contributed by atoms with Crippen LogP contribution in [0.5, 0.6) is 0 Å². The molecular weight excluding hydrogens is 343 g/mol. The van der Waals surface area contributed by atoms with Gasteiger partial charge in [-0.25, -0.2) is 19.3 Å². The molecule has 0 aliphatic carbocycles. The number of aromatic nitrogens is 4. The van der Waals surface area contributed by atoms with Crippen LogP contribution in [0.1, 0.15) is 19.7 Å². The number of benzene rings is 1. The Balaban J connectivity index is 1.46. The number of piperazine rings is 1. The van der Waals surface area contributed by atoms with E-state index in [9.17, 15) is 4.39 Å². The molecule has 1 aromatic carbocycles. The van der Waals surface area contributed by atoms with Gasteiger partial charge in [0, 0.05) is 32.7 Å². The van der Waals surface area contributed by atoms with Crippen molar-refractivity contribution < 1.29 is 4.39 Å². The van der Waals surface area contributed by atoms with Crippen LogP contribution in [0, 0.1) is 11.7 Å². The number of para-hydroxylation sites is 2. The van der Waals surface area contributed by atoms with Gasteiger partial charge in [0.2, 0.25) is 5.95 Å². The summed E-state index contributed by atoms with van der Waals surface area (Å²) in [5.41, 5.74) is 2.27. The van der Waals surface area contributed by atoms with Gasteiger partial charge in [0.15, 0.2) is 5.82 Å². The molecule has 1 fully saturated rings. The molecule has 142 valence electrons. The van der Waals surface area contributed by atoms with Crippen LogP contribution in [-0.2, 0) is 13.1 Å². The van der Waals surface area contributed by atoms with E-state index in [2.05, 4.69) is 56.4 Å². The van der Waals surface area contributed by atoms with Crippen molar-refractivity contribution >= 4 is 17.0 Å². The normalized spacial score (nSPS) is 15.8. The fraction of sp³-hybridized carbons (Fsp3) is 0.450. The Morgan fingerprint density at radius 1 is 1.04 bits per heavy atom. The standard InChI is InChI=1S/C20H25FN6/c1-15(2)13-27-18-6-4-3-5-17(18)24-19(27)14-25-7-9-26(10-8-25)20-22-11-16(21)12-23-20/h3-6,11-12,15H,7-10,13-14H2,1-2H3. The van der Waals surface area contributed by atoms with Gasteiger partial charge in [-0.1, -0.05) is 26.0 Å². The Morgan fingerprint density at radius 2 is 1.74 bits per heavy atom. The van der Waals surface area contributed by atoms with E-state index in [1.165, 1.54) is 17.9 Å². The first-order valence-electron chi connectivity index (χ1n) is 9.49. The van der Waals surface area contributed by atoms with Gasteiger partial charge in [-0.2, -0.15) is 0 Å². The third-order valence-electron chi connectivity index (χ3n) is 4.91. The molecule has 3 aromatic rings. The van der Waals surface area contributed by atoms with Gasteiger partial charge < -0.3 is 9.47 Å². The highest BCUT2D eigenvalue weighted by atomic mass is 19.1. The topological polar surface area (TPSA) is 50.1 Å². The Hall–Kier alpha value is -2.54. The number of hydrogen-bond donors (Lipinski definition) is 0. The van der Waals surface area contributed by atoms with Crippen molar-refractivity contribution in [3.05, 3.63) is 48.3 Å². The fourth-order valence-corrected chi connectivity index (χ4v) is 3.59. The summed E-state index contributed by atoms with van der Waals surface area (Å²) in [5, 5.41) is 0. The van der Waals surface area contributed by atoms with Crippen molar-refractivity contribution in [2.24, 2.45) is 5.92 Å². The molecule has 0 spiro atoms. The summed E-state index contributed by atoms with van der Waals surface area (Å²) in [5.74, 6) is 1.88. The second kappa shape index (κ2) is 7.60. The summed E-state index contributed by atoms with van der Waals surface area (Å²) < 4.78 is 15.4. The molecule has 2 aromatic heterocycles. The van der Waals surface area contributed by atoms with Crippen molar-refractivity contribution in [1.82, 2.24) is 24.4 Å². The fourth-order valence-electron chi connectivity index (χ4n) is 3.59. The molecular formula is C20H25FN6. The maximum absolute atomic E-state index is 13.0. The number of fused-ring (bicyclic) bond motifs is 1. The van der Waals surface area contributed by atoms with E-state index in [4.69, 9.17) is 4.98 Å². The van der Waals surface area contributed by atoms with E-state index < -0.39 is 5.82 Å². The van der Waals surface area contributed by atoms with Crippen LogP contribution in [-0.4, -0.2) is 50.6 Å². The van der Waals surface area contributed by atoms with Crippen molar-refractivity contribution in [3.8, 4) is 0 Å². The molecule has 4 rings (SSSR count). The van der Waals surface area contributed by atoms with Crippen molar-refractivity contribution in [2.45, 2.75) is 26.9 Å². The van der Waals surface area contributed by atoms with Gasteiger partial charge in [-0.05, 0) is 18.1 Å². The van der Waals surface area contributed by atoms with Crippen molar-refractivity contribution in [3.63, 3.8) is 0 Å². The number of imidazole rings is 1. The quantitative estimate of drug-likeness (QED) is 0.693. The SMILES string of the molecule is CC(C)Cn1c(CN2CCN(c3ncc(F)cn3)CC2)nc2ccccc21. The number of rotatable bonds is 5. The van der Waals surface area contributed by atoms with Crippen LogP contribution < -0.4 is 4.90 Å². The van der Waals surface area contributed by atoms with Crippen LogP contribution in [0.25, 0.3) is 11.0 Å². The summed E-state index contributed by atoms with van der Waals surface area (Å²) in [6.45, 7) is 9.75. The number of halogens is 1. The van der Waals surface area contributed by atoms with Gasteiger partial charge in [0.05, 0.1) is 30.0 Å². The summed E-state index contributed by atoms with van der Waals surface area (Å²) in [4.78, 5) is 17.6. The van der Waals surface area contributed by atoms with Crippen LogP contribution in [0.3, 0.4) is 0 Å². The van der Waals surface area contributed by atoms with Gasteiger partial charge in [-0.3, -0.25) is 4.90 Å². The smallest absolute Gasteiger partial charge is 0.225 e. The average molecular weight is 368 g/mol. The monoisotopic (exact) mass is 368 g/mol. The summed E-state index contributed by atoms with van der Waals surface area (Å²) in [7, 11) is 0. The predicted molar refractivity (Wildman–Crippen MR) is 104 cm³/mol. The second-order valence-corrected chi connectivity index (χ2v) is 7.49. The third-order valence-corrected chi connectivity index (χ3v) is 4.91. The average Bonchev–Trinajstić information content (AvgIpc) is 3.00. The third kappa shape index (κ3) is 3.93. The predicted octanol–water partition coefficient (Wildman–Crippen LogP) is 2.94. The van der Waals surface area contributed by atoms with Gasteiger partial charge >= 0.3 is 0 Å². The lowest BCUT2D eigenvalue weighted by Crippen LogP contribution is -2.46. The molecule has 27 heavy (non-hydrogen) atoms. The van der Waals surface area contributed by atoms with Crippen LogP contribution in [0.2, 0.25) is 0 Å². The summed E-state index contributed by atoms with van der Waals surface area (Å²) >= 11 is 0. The van der Waals surface area contributed by atoms with E-state index in [1.807, 2.05) is 6.07 Å². The minimum atomic E-state index is -0.401. The van der Waals surface area contributed by atoms with E-state index >= 15 is 0 Å². The van der Waals surface area contributed by atoms with Crippen molar-refractivity contribution in [1.29, 1.82) is 0 Å². The van der Waals surface area contributed by atoms with Crippen LogP contribution >= 0.6 is 0 Å². The lowest BCUT2D eigenvalue weighted by molar-refractivity contribution is 0.239. The van der Waals surface area contributed by atoms with Crippen molar-refractivity contribution in [2.75, 3.05) is 31.1 Å². The zero-order valence-electron chi connectivity index (χ0n) is 15.8. The summed E-state index contributed by atoms with van der Waals surface area (Å²) in [6.07, 6.45) is 2.45. The highest BCUT2D eigenvalue weighted by molar-refractivity contribution is 5.75. The number of nitrogens with zero attached hydrogens (tertiary/aromatic N) is 6. The Kier molecular flexibility index (Phi) is 5.03. The first-order chi connectivity index (χ1) is 13.1. The minimum absolute atomic E-state index is 0.401. The van der Waals surface area contributed by atoms with Crippen LogP contribution in [0.4, 0.5) is 10.3 Å². The number of anilines is 1. The van der Waals surface area contributed by atoms with E-state index in [0.717, 1.165) is 50.6 Å². The molecule has 1 saturated heterocycles. The molecule has 0 unspecified atom stereocenters. The van der Waals surface area contributed by atoms with E-state index in [-0.39, 0.29) is 0 Å². The lowest BCUT2D eigenvalue weighted by Gasteiger charge is -2.34. The molecule has 0 saturated carbocycles. The Labute approximate surface area is 158 Å². The van der Waals surface area contributed by atoms with Gasteiger partial charge in [0.25, 0.3) is 0 Å². The maximum Gasteiger partial charge on any atom is 0.225 e. The molecule has 0 radical (unpaired) electrons. The molecule has 3 heterocycles. The minimum Gasteiger partial charge on any atom is -0.338 e. The van der Waals surface area contributed by atoms with E-state index in [0.29, 0.717) is 11.9 Å². The van der Waals surface area contributed by atoms with Crippen LogP contribution in [0.15, 0.2) is 36.7 Å². The highest BCUT2D eigenvalue weighted by Gasteiger charge is 2.21. The lowest BCUT2D eigenvalue weighted by atomic mass is 10.2. The largest absolute Gasteiger partial charge is 0.338 e. The molecule has 0 amide bonds. The first-order valence-corrected chi connectivity index (χ1v) is 9.49. The van der Waals surface area contributed by atoms with Gasteiger partial charge in [-0.15, -0.1) is 0 Å². The highest BCUT2D eigenvalue weighted by Crippen LogP contribution is 2.20. The molecule has 0 N–H and O–H groups in total. The Morgan fingerprint density at radius 3 is 2.44 bits per heavy atom. The van der Waals surface area contributed by atoms with Gasteiger partial charge in [0.1, 0.15) is 5.82 Å². The molecule has 0 atom stereocenters. The Bertz CT molecular complexity index is 896. The molecule has 1 aliphatic rings. The molecule has 6 nitrogen and oxygen atoms in total. The molecule has 0 bridgehead atoms. The first kappa shape index (κ1) is 17.9. The zero-order chi connectivity index (χ0) is 18.8. The summed E-state index contributed by atoms with van der Waals surface area (Å²) in [6, 6.07) is 8.35.